The van der Waals surface area contributed by atoms with E-state index in [1.807, 2.05) is 12.1 Å². The average Bonchev–Trinajstić information content (AvgIpc) is 3.37. The molecule has 2 aromatic carbocycles. The molecule has 3 aliphatic carbocycles. The number of amides is 1. The van der Waals surface area contributed by atoms with E-state index >= 15 is 4.39 Å². The minimum Gasteiger partial charge on any atom is -0.508 e. The average molecular weight is 662 g/mol. The lowest BCUT2D eigenvalue weighted by atomic mass is 9.51. The fraction of sp³-hybridized carbons (Fsp3) is 0.698. The largest absolute Gasteiger partial charge is 0.508 e. The van der Waals surface area contributed by atoms with Gasteiger partial charge in [0.05, 0.1) is 6.10 Å². The molecule has 5 rings (SSSR count). The second kappa shape index (κ2) is 18.0. The highest BCUT2D eigenvalue weighted by atomic mass is 19.1. The first kappa shape index (κ1) is 36.9. The zero-order valence-corrected chi connectivity index (χ0v) is 30.1. The zero-order chi connectivity index (χ0) is 33.9. The lowest BCUT2D eigenvalue weighted by Gasteiger charge is -2.54. The lowest BCUT2D eigenvalue weighted by molar-refractivity contribution is -0.131. The van der Waals surface area contributed by atoms with Crippen LogP contribution in [0.2, 0.25) is 0 Å². The number of carbonyl (C=O) groups is 1. The van der Waals surface area contributed by atoms with Crippen LogP contribution in [0.3, 0.4) is 0 Å². The molecule has 0 heterocycles. The van der Waals surface area contributed by atoms with Crippen LogP contribution < -0.4 is 0 Å². The van der Waals surface area contributed by atoms with E-state index in [-0.39, 0.29) is 23.0 Å². The molecule has 266 valence electrons. The number of rotatable bonds is 19. The Hall–Kier alpha value is -2.40. The molecule has 2 aromatic rings. The van der Waals surface area contributed by atoms with Crippen LogP contribution in [0.1, 0.15) is 146 Å². The van der Waals surface area contributed by atoms with E-state index in [1.54, 1.807) is 6.07 Å². The van der Waals surface area contributed by atoms with Crippen LogP contribution >= 0.6 is 0 Å². The topological polar surface area (TPSA) is 60.8 Å². The number of fused-ring (bicyclic) bond motifs is 5. The summed E-state index contributed by atoms with van der Waals surface area (Å²) in [7, 11) is 0. The van der Waals surface area contributed by atoms with Gasteiger partial charge >= 0.3 is 0 Å². The Morgan fingerprint density at radius 2 is 1.60 bits per heavy atom. The summed E-state index contributed by atoms with van der Waals surface area (Å²) in [5.74, 6) is 1.26. The molecule has 0 saturated heterocycles. The summed E-state index contributed by atoms with van der Waals surface area (Å²) in [6, 6.07) is 16.1. The maximum absolute atomic E-state index is 16.2. The van der Waals surface area contributed by atoms with E-state index in [9.17, 15) is 15.0 Å². The molecule has 1 amide bonds. The third-order valence-corrected chi connectivity index (χ3v) is 12.6. The third kappa shape index (κ3) is 9.23. The number of aliphatic hydroxyl groups is 1. The summed E-state index contributed by atoms with van der Waals surface area (Å²) in [4.78, 5) is 15.6. The monoisotopic (exact) mass is 661 g/mol. The van der Waals surface area contributed by atoms with E-state index in [1.165, 1.54) is 50.5 Å². The highest BCUT2D eigenvalue weighted by molar-refractivity contribution is 5.76. The van der Waals surface area contributed by atoms with Gasteiger partial charge in [0.25, 0.3) is 0 Å². The number of benzene rings is 2. The minimum absolute atomic E-state index is 0.157. The highest BCUT2D eigenvalue weighted by Gasteiger charge is 2.59. The maximum Gasteiger partial charge on any atom is 0.222 e. The number of nitrogens with zero attached hydrogens (tertiary/aromatic N) is 1. The zero-order valence-electron chi connectivity index (χ0n) is 30.1. The molecule has 48 heavy (non-hydrogen) atoms. The smallest absolute Gasteiger partial charge is 0.222 e. The first-order chi connectivity index (χ1) is 23.3. The van der Waals surface area contributed by atoms with Gasteiger partial charge in [0.1, 0.15) is 11.9 Å². The second-order valence-corrected chi connectivity index (χ2v) is 15.9. The van der Waals surface area contributed by atoms with Crippen molar-refractivity contribution in [2.75, 3.05) is 13.1 Å². The van der Waals surface area contributed by atoms with E-state index in [0.29, 0.717) is 30.6 Å². The number of phenolic OH excluding ortho intramolecular Hbond substituents is 1. The van der Waals surface area contributed by atoms with Crippen LogP contribution in [0.5, 0.6) is 5.75 Å². The van der Waals surface area contributed by atoms with E-state index in [2.05, 4.69) is 49.1 Å². The van der Waals surface area contributed by atoms with Crippen LogP contribution in [0.25, 0.3) is 0 Å². The Morgan fingerprint density at radius 1 is 0.896 bits per heavy atom. The normalized spacial score (nSPS) is 27.7. The van der Waals surface area contributed by atoms with E-state index in [4.69, 9.17) is 0 Å². The standard InChI is InChI=1S/C43H64FNO3/c1-3-4-5-6-7-8-9-10-14-22-40(48)45(28-17-20-32-18-12-11-13-19-32)27-16-15-21-33-29-34-30-35(46)23-24-36(34)42-38(44)31-43(2)37(41(33)42)25-26-39(43)47/h11-13,18-19,23-24,30,33,37-39,41-42,46-47H,3-10,14-17,20-22,25-29,31H2,1-2H3/t33-,37?,38+,39+,41?,42?,43+/m1/s1. The molecule has 2 N–H and O–H groups in total. The van der Waals surface area contributed by atoms with Crippen LogP contribution in [0.4, 0.5) is 4.39 Å². The fourth-order valence-corrected chi connectivity index (χ4v) is 9.97. The minimum atomic E-state index is -0.978. The van der Waals surface area contributed by atoms with Crippen molar-refractivity contribution in [3.63, 3.8) is 0 Å². The predicted molar refractivity (Wildman–Crippen MR) is 195 cm³/mol. The summed E-state index contributed by atoms with van der Waals surface area (Å²) in [5.41, 5.74) is 3.15. The summed E-state index contributed by atoms with van der Waals surface area (Å²) in [5, 5.41) is 21.3. The van der Waals surface area contributed by atoms with Crippen molar-refractivity contribution in [3.05, 3.63) is 65.2 Å². The van der Waals surface area contributed by atoms with Gasteiger partial charge in [-0.2, -0.15) is 0 Å². The number of unbranched alkanes of at least 4 members (excludes halogenated alkanes) is 9. The Morgan fingerprint density at radius 3 is 2.35 bits per heavy atom. The van der Waals surface area contributed by atoms with Crippen molar-refractivity contribution in [3.8, 4) is 5.75 Å². The van der Waals surface area contributed by atoms with E-state index < -0.39 is 12.3 Å². The summed E-state index contributed by atoms with van der Waals surface area (Å²) in [6.45, 7) is 5.98. The molecule has 0 radical (unpaired) electrons. The Bertz CT molecular complexity index is 1270. The van der Waals surface area contributed by atoms with Gasteiger partial charge in [-0.25, -0.2) is 4.39 Å². The number of halogens is 1. The molecular weight excluding hydrogens is 597 g/mol. The Kier molecular flexibility index (Phi) is 13.8. The Balaban J connectivity index is 1.17. The van der Waals surface area contributed by atoms with Gasteiger partial charge in [-0.3, -0.25) is 4.79 Å². The summed E-state index contributed by atoms with van der Waals surface area (Å²) >= 11 is 0. The predicted octanol–water partition coefficient (Wildman–Crippen LogP) is 10.3. The van der Waals surface area contributed by atoms with Gasteiger partial charge in [-0.15, -0.1) is 0 Å². The molecule has 2 fully saturated rings. The lowest BCUT2D eigenvalue weighted by Crippen LogP contribution is -2.51. The van der Waals surface area contributed by atoms with Crippen molar-refractivity contribution >= 4 is 5.91 Å². The molecule has 3 unspecified atom stereocenters. The fourth-order valence-electron chi connectivity index (χ4n) is 9.97. The highest BCUT2D eigenvalue weighted by Crippen LogP contribution is 2.63. The number of hydrogen-bond acceptors (Lipinski definition) is 3. The number of alkyl halides is 1. The molecule has 5 heteroatoms. The number of carbonyl (C=O) groups excluding carboxylic acids is 1. The second-order valence-electron chi connectivity index (χ2n) is 15.9. The van der Waals surface area contributed by atoms with Gasteiger partial charge in [-0.1, -0.05) is 108 Å². The van der Waals surface area contributed by atoms with Gasteiger partial charge in [0.2, 0.25) is 5.91 Å². The molecule has 0 aromatic heterocycles. The number of phenols is 1. The van der Waals surface area contributed by atoms with Crippen molar-refractivity contribution in [1.29, 1.82) is 0 Å². The first-order valence-electron chi connectivity index (χ1n) is 19.8. The molecule has 3 aliphatic rings. The van der Waals surface area contributed by atoms with Crippen molar-refractivity contribution in [1.82, 2.24) is 4.90 Å². The molecule has 0 aliphatic heterocycles. The van der Waals surface area contributed by atoms with Crippen LogP contribution in [0.15, 0.2) is 48.5 Å². The van der Waals surface area contributed by atoms with Gasteiger partial charge in [-0.05, 0) is 110 Å². The van der Waals surface area contributed by atoms with Gasteiger partial charge in [0.15, 0.2) is 0 Å². The SMILES string of the molecule is CCCCCCCCCCCC(=O)N(CCCC[C@@H]1Cc2cc(O)ccc2C2C1C1CC[C@H](O)[C@@]1(C)C[C@@H]2F)CCCc1ccccc1. The van der Waals surface area contributed by atoms with Crippen LogP contribution in [0, 0.1) is 23.2 Å². The summed E-state index contributed by atoms with van der Waals surface area (Å²) in [6.07, 6.45) is 18.5. The molecule has 4 nitrogen and oxygen atoms in total. The molecule has 0 bridgehead atoms. The van der Waals surface area contributed by atoms with Crippen molar-refractivity contribution in [2.45, 2.75) is 154 Å². The molecule has 7 atom stereocenters. The van der Waals surface area contributed by atoms with Crippen LogP contribution in [-0.4, -0.2) is 46.4 Å². The van der Waals surface area contributed by atoms with E-state index in [0.717, 1.165) is 88.4 Å². The summed E-state index contributed by atoms with van der Waals surface area (Å²) < 4.78 is 16.2. The third-order valence-electron chi connectivity index (χ3n) is 12.6. The number of aromatic hydroxyl groups is 1. The first-order valence-corrected chi connectivity index (χ1v) is 19.8. The maximum atomic E-state index is 16.2. The van der Waals surface area contributed by atoms with Crippen LogP contribution in [-0.2, 0) is 17.6 Å². The van der Waals surface area contributed by atoms with Crippen molar-refractivity contribution in [2.24, 2.45) is 23.2 Å². The van der Waals surface area contributed by atoms with Gasteiger partial charge < -0.3 is 15.1 Å². The number of aliphatic hydroxyl groups excluding tert-OH is 1. The molecule has 2 saturated carbocycles. The quantitative estimate of drug-likeness (QED) is 0.147. The molecular formula is C43H64FNO3. The molecule has 0 spiro atoms. The van der Waals surface area contributed by atoms with Gasteiger partial charge in [0, 0.05) is 25.4 Å². The van der Waals surface area contributed by atoms with Crippen molar-refractivity contribution < 1.29 is 19.4 Å². The Labute approximate surface area is 290 Å². The number of hydrogen-bond donors (Lipinski definition) is 2. The number of aryl methyl sites for hydroxylation is 1.